The van der Waals surface area contributed by atoms with Crippen molar-refractivity contribution in [3.05, 3.63) is 24.2 Å². The molecule has 2 saturated heterocycles. The van der Waals surface area contributed by atoms with E-state index in [9.17, 15) is 0 Å². The summed E-state index contributed by atoms with van der Waals surface area (Å²) in [6.45, 7) is 4.25. The van der Waals surface area contributed by atoms with E-state index in [4.69, 9.17) is 9.72 Å². The fraction of sp³-hybridized carbons (Fsp3) is 0.667. The molecule has 23 heavy (non-hydrogen) atoms. The van der Waals surface area contributed by atoms with Crippen LogP contribution in [0.5, 0.6) is 0 Å². The molecule has 0 saturated carbocycles. The third kappa shape index (κ3) is 3.12. The van der Waals surface area contributed by atoms with Gasteiger partial charge in [0.2, 0.25) is 0 Å². The summed E-state index contributed by atoms with van der Waals surface area (Å²) in [6.07, 6.45) is 8.07. The number of aromatic nitrogens is 3. The molecule has 2 unspecified atom stereocenters. The highest BCUT2D eigenvalue weighted by atomic mass is 16.5. The lowest BCUT2D eigenvalue weighted by atomic mass is 9.98. The van der Waals surface area contributed by atoms with Crippen LogP contribution in [0, 0.1) is 5.92 Å². The smallest absolute Gasteiger partial charge is 0.160 e. The van der Waals surface area contributed by atoms with Gasteiger partial charge < -0.3 is 14.2 Å². The number of likely N-dealkylation sites (tertiary alicyclic amines) is 1. The van der Waals surface area contributed by atoms with Crippen LogP contribution in [0.4, 0.5) is 0 Å². The van der Waals surface area contributed by atoms with Gasteiger partial charge in [0.1, 0.15) is 17.4 Å². The molecule has 0 aromatic carbocycles. The van der Waals surface area contributed by atoms with Gasteiger partial charge in [-0.1, -0.05) is 0 Å². The van der Waals surface area contributed by atoms with Gasteiger partial charge in [0.25, 0.3) is 0 Å². The van der Waals surface area contributed by atoms with Crippen LogP contribution in [-0.2, 0) is 11.3 Å². The Hall–Kier alpha value is -1.46. The van der Waals surface area contributed by atoms with Gasteiger partial charge in [0.15, 0.2) is 5.65 Å². The minimum Gasteiger partial charge on any atom is -0.370 e. The summed E-state index contributed by atoms with van der Waals surface area (Å²) in [7, 11) is 2.22. The molecule has 0 amide bonds. The van der Waals surface area contributed by atoms with E-state index in [1.54, 1.807) is 0 Å². The summed E-state index contributed by atoms with van der Waals surface area (Å²) >= 11 is 0. The molecular weight excluding hydrogens is 288 g/mol. The highest BCUT2D eigenvalue weighted by Gasteiger charge is 2.26. The minimum absolute atomic E-state index is 0.138. The Bertz CT molecular complexity index is 662. The zero-order valence-corrected chi connectivity index (χ0v) is 13.9. The molecule has 0 spiro atoms. The average Bonchev–Trinajstić information content (AvgIpc) is 2.95. The third-order valence-corrected chi connectivity index (χ3v) is 5.16. The van der Waals surface area contributed by atoms with E-state index in [-0.39, 0.29) is 6.10 Å². The number of piperidine rings is 1. The zero-order chi connectivity index (χ0) is 15.6. The summed E-state index contributed by atoms with van der Waals surface area (Å²) in [5.74, 6) is 1.77. The van der Waals surface area contributed by atoms with E-state index >= 15 is 0 Å². The summed E-state index contributed by atoms with van der Waals surface area (Å²) < 4.78 is 8.37. The molecule has 4 rings (SSSR count). The van der Waals surface area contributed by atoms with Crippen LogP contribution in [0.2, 0.25) is 0 Å². The summed E-state index contributed by atoms with van der Waals surface area (Å²) in [5.41, 5.74) is 2.02. The summed E-state index contributed by atoms with van der Waals surface area (Å²) in [6, 6.07) is 4.04. The lowest BCUT2D eigenvalue weighted by molar-refractivity contribution is 0.00691. The Balaban J connectivity index is 1.67. The largest absolute Gasteiger partial charge is 0.370 e. The summed E-state index contributed by atoms with van der Waals surface area (Å²) in [5, 5.41) is 0. The second-order valence-electron chi connectivity index (χ2n) is 7.05. The molecular formula is C18H26N4O. The van der Waals surface area contributed by atoms with Crippen LogP contribution in [0.25, 0.3) is 11.2 Å². The first-order chi connectivity index (χ1) is 11.3. The van der Waals surface area contributed by atoms with Crippen molar-refractivity contribution in [2.75, 3.05) is 26.7 Å². The van der Waals surface area contributed by atoms with E-state index in [1.807, 2.05) is 12.3 Å². The molecule has 2 aliphatic heterocycles. The second-order valence-corrected chi connectivity index (χ2v) is 7.05. The number of rotatable bonds is 3. The van der Waals surface area contributed by atoms with Gasteiger partial charge in [-0.25, -0.2) is 9.97 Å². The molecule has 5 nitrogen and oxygen atoms in total. The number of nitrogens with zero attached hydrogens (tertiary/aromatic N) is 4. The molecule has 2 fully saturated rings. The SMILES string of the molecule is CN1CCCC(Cn2c(C3CCCCO3)nc3cccnc32)C1. The molecule has 0 bridgehead atoms. The van der Waals surface area contributed by atoms with Gasteiger partial charge in [0, 0.05) is 25.9 Å². The first-order valence-electron chi connectivity index (χ1n) is 8.92. The quantitative estimate of drug-likeness (QED) is 0.873. The van der Waals surface area contributed by atoms with Crippen LogP contribution < -0.4 is 0 Å². The number of hydrogen-bond acceptors (Lipinski definition) is 4. The molecule has 124 valence electrons. The van der Waals surface area contributed by atoms with Gasteiger partial charge in [-0.3, -0.25) is 0 Å². The van der Waals surface area contributed by atoms with Crippen molar-refractivity contribution in [2.45, 2.75) is 44.8 Å². The molecule has 0 N–H and O–H groups in total. The van der Waals surface area contributed by atoms with Crippen LogP contribution in [0.3, 0.4) is 0 Å². The molecule has 4 heterocycles. The van der Waals surface area contributed by atoms with E-state index in [1.165, 1.54) is 32.2 Å². The fourth-order valence-electron chi connectivity index (χ4n) is 4.03. The average molecular weight is 314 g/mol. The molecule has 5 heteroatoms. The van der Waals surface area contributed by atoms with Crippen molar-refractivity contribution in [1.82, 2.24) is 19.4 Å². The molecule has 2 aromatic rings. The highest BCUT2D eigenvalue weighted by molar-refractivity contribution is 5.71. The van der Waals surface area contributed by atoms with E-state index in [0.717, 1.165) is 43.1 Å². The maximum atomic E-state index is 6.02. The standard InChI is InChI=1S/C18H26N4O/c1-21-10-5-6-14(12-21)13-22-17-15(7-4-9-19-17)20-18(22)16-8-2-3-11-23-16/h4,7,9,14,16H,2-3,5-6,8,10-13H2,1H3. The van der Waals surface area contributed by atoms with Crippen LogP contribution in [0.15, 0.2) is 18.3 Å². The Morgan fingerprint density at radius 2 is 2.22 bits per heavy atom. The van der Waals surface area contributed by atoms with Gasteiger partial charge >= 0.3 is 0 Å². The highest BCUT2D eigenvalue weighted by Crippen LogP contribution is 2.30. The Morgan fingerprint density at radius 1 is 1.26 bits per heavy atom. The van der Waals surface area contributed by atoms with Gasteiger partial charge in [-0.2, -0.15) is 0 Å². The molecule has 0 radical (unpaired) electrons. The van der Waals surface area contributed by atoms with Crippen molar-refractivity contribution in [3.63, 3.8) is 0 Å². The number of hydrogen-bond donors (Lipinski definition) is 0. The first kappa shape index (κ1) is 15.1. The minimum atomic E-state index is 0.138. The Kier molecular flexibility index (Phi) is 4.31. The number of ether oxygens (including phenoxy) is 1. The monoisotopic (exact) mass is 314 g/mol. The van der Waals surface area contributed by atoms with Crippen LogP contribution in [0.1, 0.15) is 44.0 Å². The maximum absolute atomic E-state index is 6.02. The third-order valence-electron chi connectivity index (χ3n) is 5.16. The van der Waals surface area contributed by atoms with Crippen molar-refractivity contribution >= 4 is 11.2 Å². The van der Waals surface area contributed by atoms with E-state index in [2.05, 4.69) is 27.6 Å². The van der Waals surface area contributed by atoms with Crippen LogP contribution >= 0.6 is 0 Å². The van der Waals surface area contributed by atoms with Crippen molar-refractivity contribution in [2.24, 2.45) is 5.92 Å². The Morgan fingerprint density at radius 3 is 3.04 bits per heavy atom. The molecule has 2 aliphatic rings. The maximum Gasteiger partial charge on any atom is 0.160 e. The predicted octanol–water partition coefficient (Wildman–Crippen LogP) is 3.01. The first-order valence-corrected chi connectivity index (χ1v) is 8.92. The molecule has 0 aliphatic carbocycles. The molecule has 2 aromatic heterocycles. The predicted molar refractivity (Wildman–Crippen MR) is 90.3 cm³/mol. The van der Waals surface area contributed by atoms with Crippen molar-refractivity contribution in [1.29, 1.82) is 0 Å². The number of imidazole rings is 1. The zero-order valence-electron chi connectivity index (χ0n) is 13.9. The van der Waals surface area contributed by atoms with E-state index in [0.29, 0.717) is 5.92 Å². The van der Waals surface area contributed by atoms with Gasteiger partial charge in [0.05, 0.1) is 0 Å². The second kappa shape index (κ2) is 6.57. The fourth-order valence-corrected chi connectivity index (χ4v) is 4.03. The van der Waals surface area contributed by atoms with Gasteiger partial charge in [-0.15, -0.1) is 0 Å². The number of pyridine rings is 1. The number of fused-ring (bicyclic) bond motifs is 1. The summed E-state index contributed by atoms with van der Waals surface area (Å²) in [4.78, 5) is 11.9. The Labute approximate surface area is 137 Å². The normalized spacial score (nSPS) is 26.7. The lowest BCUT2D eigenvalue weighted by Crippen LogP contribution is -2.34. The van der Waals surface area contributed by atoms with Crippen molar-refractivity contribution < 1.29 is 4.74 Å². The lowest BCUT2D eigenvalue weighted by Gasteiger charge is -2.31. The van der Waals surface area contributed by atoms with Crippen LogP contribution in [-0.4, -0.2) is 46.2 Å². The van der Waals surface area contributed by atoms with E-state index < -0.39 is 0 Å². The topological polar surface area (TPSA) is 43.2 Å². The molecule has 2 atom stereocenters. The van der Waals surface area contributed by atoms with Gasteiger partial charge in [-0.05, 0) is 63.7 Å². The van der Waals surface area contributed by atoms with Crippen molar-refractivity contribution in [3.8, 4) is 0 Å².